The van der Waals surface area contributed by atoms with Crippen molar-refractivity contribution in [2.24, 2.45) is 5.92 Å². The summed E-state index contributed by atoms with van der Waals surface area (Å²) in [6, 6.07) is 4.82. The van der Waals surface area contributed by atoms with E-state index in [0.29, 0.717) is 34.7 Å². The number of anilines is 1. The van der Waals surface area contributed by atoms with E-state index in [1.54, 1.807) is 23.1 Å². The lowest BCUT2D eigenvalue weighted by Crippen LogP contribution is -2.41. The van der Waals surface area contributed by atoms with Gasteiger partial charge < -0.3 is 15.3 Å². The van der Waals surface area contributed by atoms with Crippen molar-refractivity contribution in [3.63, 3.8) is 0 Å². The summed E-state index contributed by atoms with van der Waals surface area (Å²) in [7, 11) is 0. The molecule has 1 aromatic rings. The molecule has 0 aromatic heterocycles. The molecule has 1 aliphatic heterocycles. The van der Waals surface area contributed by atoms with E-state index in [1.165, 1.54) is 0 Å². The predicted molar refractivity (Wildman–Crippen MR) is 81.5 cm³/mol. The van der Waals surface area contributed by atoms with Gasteiger partial charge in [0.05, 0.1) is 10.7 Å². The summed E-state index contributed by atoms with van der Waals surface area (Å²) >= 11 is 11.9. The summed E-state index contributed by atoms with van der Waals surface area (Å²) in [5.74, 6) is 0.513. The van der Waals surface area contributed by atoms with Crippen LogP contribution >= 0.6 is 23.2 Å². The maximum absolute atomic E-state index is 12.2. The minimum atomic E-state index is -0.156. The number of nitrogens with one attached hydrogen (secondary N) is 1. The Bertz CT molecular complexity index is 474. The molecule has 0 saturated carbocycles. The summed E-state index contributed by atoms with van der Waals surface area (Å²) in [5.41, 5.74) is 0.529. The van der Waals surface area contributed by atoms with Crippen LogP contribution in [0.15, 0.2) is 18.2 Å². The van der Waals surface area contributed by atoms with Gasteiger partial charge in [-0.3, -0.25) is 0 Å². The number of piperidine rings is 1. The van der Waals surface area contributed by atoms with E-state index in [9.17, 15) is 4.79 Å². The van der Waals surface area contributed by atoms with Gasteiger partial charge in [-0.25, -0.2) is 4.79 Å². The summed E-state index contributed by atoms with van der Waals surface area (Å²) in [6.07, 6.45) is 2.67. The van der Waals surface area contributed by atoms with Crippen molar-refractivity contribution in [2.45, 2.75) is 19.3 Å². The number of hydrogen-bond donors (Lipinski definition) is 2. The van der Waals surface area contributed by atoms with Crippen LogP contribution in [0.4, 0.5) is 10.5 Å². The fraction of sp³-hybridized carbons (Fsp3) is 0.500. The van der Waals surface area contributed by atoms with Crippen molar-refractivity contribution in [2.75, 3.05) is 25.0 Å². The number of carbonyl (C=O) groups is 1. The molecule has 0 spiro atoms. The molecule has 1 aromatic carbocycles. The molecule has 6 heteroatoms. The molecule has 110 valence electrons. The van der Waals surface area contributed by atoms with Gasteiger partial charge in [-0.15, -0.1) is 0 Å². The second-order valence-electron chi connectivity index (χ2n) is 5.00. The molecule has 1 fully saturated rings. The van der Waals surface area contributed by atoms with E-state index in [-0.39, 0.29) is 12.6 Å². The largest absolute Gasteiger partial charge is 0.396 e. The quantitative estimate of drug-likeness (QED) is 0.894. The SMILES string of the molecule is O=C(Nc1cc(Cl)ccc1Cl)N1CCC(CCO)CC1. The molecule has 2 rings (SSSR count). The topological polar surface area (TPSA) is 52.6 Å². The normalized spacial score (nSPS) is 16.2. The van der Waals surface area contributed by atoms with E-state index in [4.69, 9.17) is 28.3 Å². The number of rotatable bonds is 3. The third kappa shape index (κ3) is 4.01. The molecule has 20 heavy (non-hydrogen) atoms. The highest BCUT2D eigenvalue weighted by molar-refractivity contribution is 6.35. The highest BCUT2D eigenvalue weighted by Gasteiger charge is 2.22. The maximum Gasteiger partial charge on any atom is 0.321 e. The third-order valence-electron chi connectivity index (χ3n) is 3.61. The third-order valence-corrected chi connectivity index (χ3v) is 4.17. The van der Waals surface area contributed by atoms with Crippen LogP contribution in [-0.2, 0) is 0 Å². The summed E-state index contributed by atoms with van der Waals surface area (Å²) in [6.45, 7) is 1.62. The first kappa shape index (κ1) is 15.4. The molecule has 2 amide bonds. The Labute approximate surface area is 128 Å². The number of aliphatic hydroxyl groups is 1. The van der Waals surface area contributed by atoms with Gasteiger partial charge in [0.25, 0.3) is 0 Å². The molecule has 4 nitrogen and oxygen atoms in total. The number of aliphatic hydroxyl groups excluding tert-OH is 1. The number of hydrogen-bond acceptors (Lipinski definition) is 2. The average molecular weight is 317 g/mol. The van der Waals surface area contributed by atoms with Crippen LogP contribution in [0.2, 0.25) is 10.0 Å². The van der Waals surface area contributed by atoms with Crippen molar-refractivity contribution in [1.29, 1.82) is 0 Å². The second kappa shape index (κ2) is 7.16. The Morgan fingerprint density at radius 3 is 2.70 bits per heavy atom. The standard InChI is InChI=1S/C14H18Cl2N2O2/c15-11-1-2-12(16)13(9-11)17-14(20)18-6-3-10(4-7-18)5-8-19/h1-2,9-10,19H,3-8H2,(H,17,20). The molecule has 0 atom stereocenters. The van der Waals surface area contributed by atoms with E-state index in [2.05, 4.69) is 5.32 Å². The Balaban J connectivity index is 1.91. The summed E-state index contributed by atoms with van der Waals surface area (Å²) in [4.78, 5) is 13.9. The van der Waals surface area contributed by atoms with E-state index >= 15 is 0 Å². The molecule has 0 unspecified atom stereocenters. The fourth-order valence-corrected chi connectivity index (χ4v) is 2.73. The number of urea groups is 1. The highest BCUT2D eigenvalue weighted by atomic mass is 35.5. The molecule has 0 bridgehead atoms. The molecule has 1 saturated heterocycles. The van der Waals surface area contributed by atoms with E-state index < -0.39 is 0 Å². The monoisotopic (exact) mass is 316 g/mol. The van der Waals surface area contributed by atoms with Crippen molar-refractivity contribution >= 4 is 34.9 Å². The minimum Gasteiger partial charge on any atom is -0.396 e. The lowest BCUT2D eigenvalue weighted by Gasteiger charge is -2.31. The molecule has 0 radical (unpaired) electrons. The molecule has 1 aliphatic rings. The molecule has 0 aliphatic carbocycles. The summed E-state index contributed by atoms with van der Waals surface area (Å²) in [5, 5.41) is 12.7. The second-order valence-corrected chi connectivity index (χ2v) is 5.84. The van der Waals surface area contributed by atoms with Gasteiger partial charge in [-0.2, -0.15) is 0 Å². The van der Waals surface area contributed by atoms with Gasteiger partial charge >= 0.3 is 6.03 Å². The van der Waals surface area contributed by atoms with E-state index in [1.807, 2.05) is 0 Å². The lowest BCUT2D eigenvalue weighted by atomic mass is 9.94. The highest BCUT2D eigenvalue weighted by Crippen LogP contribution is 2.26. The van der Waals surface area contributed by atoms with Gasteiger partial charge in [0, 0.05) is 24.7 Å². The number of amides is 2. The first-order chi connectivity index (χ1) is 9.60. The average Bonchev–Trinajstić information content (AvgIpc) is 2.44. The number of benzene rings is 1. The maximum atomic E-state index is 12.2. The number of halogens is 2. The van der Waals surface area contributed by atoms with Crippen molar-refractivity contribution in [1.82, 2.24) is 4.90 Å². The number of nitrogens with zero attached hydrogens (tertiary/aromatic N) is 1. The van der Waals surface area contributed by atoms with E-state index in [0.717, 1.165) is 19.3 Å². The first-order valence-electron chi connectivity index (χ1n) is 6.72. The Morgan fingerprint density at radius 2 is 2.05 bits per heavy atom. The van der Waals surface area contributed by atoms with Crippen LogP contribution in [-0.4, -0.2) is 35.7 Å². The van der Waals surface area contributed by atoms with Crippen LogP contribution in [0.1, 0.15) is 19.3 Å². The summed E-state index contributed by atoms with van der Waals surface area (Å²) < 4.78 is 0. The van der Waals surface area contributed by atoms with Gasteiger partial charge in [-0.05, 0) is 43.4 Å². The van der Waals surface area contributed by atoms with Crippen molar-refractivity contribution in [3.8, 4) is 0 Å². The van der Waals surface area contributed by atoms with Crippen LogP contribution in [0.3, 0.4) is 0 Å². The molecular weight excluding hydrogens is 299 g/mol. The van der Waals surface area contributed by atoms with Crippen molar-refractivity contribution < 1.29 is 9.90 Å². The zero-order valence-corrected chi connectivity index (χ0v) is 12.6. The van der Waals surface area contributed by atoms with Crippen molar-refractivity contribution in [3.05, 3.63) is 28.2 Å². The molecular formula is C14H18Cl2N2O2. The van der Waals surface area contributed by atoms with Crippen LogP contribution < -0.4 is 5.32 Å². The van der Waals surface area contributed by atoms with Gasteiger partial charge in [-0.1, -0.05) is 23.2 Å². The zero-order chi connectivity index (χ0) is 14.5. The number of carbonyl (C=O) groups excluding carboxylic acids is 1. The fourth-order valence-electron chi connectivity index (χ4n) is 2.39. The van der Waals surface area contributed by atoms with Crippen LogP contribution in [0.5, 0.6) is 0 Å². The van der Waals surface area contributed by atoms with Gasteiger partial charge in [0.1, 0.15) is 0 Å². The Kier molecular flexibility index (Phi) is 5.52. The Morgan fingerprint density at radius 1 is 1.35 bits per heavy atom. The first-order valence-corrected chi connectivity index (χ1v) is 7.47. The smallest absolute Gasteiger partial charge is 0.321 e. The van der Waals surface area contributed by atoms with Crippen LogP contribution in [0.25, 0.3) is 0 Å². The van der Waals surface area contributed by atoms with Crippen LogP contribution in [0, 0.1) is 5.92 Å². The lowest BCUT2D eigenvalue weighted by molar-refractivity contribution is 0.167. The predicted octanol–water partition coefficient (Wildman–Crippen LogP) is 3.62. The van der Waals surface area contributed by atoms with Gasteiger partial charge in [0.15, 0.2) is 0 Å². The number of likely N-dealkylation sites (tertiary alicyclic amines) is 1. The Hall–Kier alpha value is -0.970. The minimum absolute atomic E-state index is 0.156. The molecule has 1 heterocycles. The van der Waals surface area contributed by atoms with Gasteiger partial charge in [0.2, 0.25) is 0 Å². The zero-order valence-electron chi connectivity index (χ0n) is 11.1. The molecule has 2 N–H and O–H groups in total.